The Morgan fingerprint density at radius 2 is 1.36 bits per heavy atom. The van der Waals surface area contributed by atoms with Crippen LogP contribution < -0.4 is 0 Å². The van der Waals surface area contributed by atoms with E-state index >= 15 is 0 Å². The zero-order chi connectivity index (χ0) is 38.7. The lowest BCUT2D eigenvalue weighted by Crippen LogP contribution is -2.62. The Morgan fingerprint density at radius 1 is 0.774 bits per heavy atom. The molecule has 6 aliphatic rings. The van der Waals surface area contributed by atoms with Crippen molar-refractivity contribution in [2.45, 2.75) is 172 Å². The molecule has 0 radical (unpaired) electrons. The number of ether oxygens (including phenoxy) is 4. The van der Waals surface area contributed by atoms with Gasteiger partial charge >= 0.3 is 0 Å². The quantitative estimate of drug-likeness (QED) is 0.124. The standard InChI is InChI=1S/C39H66O14/c1-17(2)6-9-24(43)18(3)29-25(50-36-34(48)32(46)30(44)26(15-40)51-36)14-23-21-8-7-19-12-20(42)13-28(39(19,5)22(21)10-11-38(23,29)4)53-37-35(49)33(47)31(45)27(16-41)52-37/h7,17-18,20-37,40-49H,6,8-16H2,1-5H3/t18-,20-,21?,22?,23?,24+,25+,26-,27-,28-,29?,30-,31-,32+,33+,34-,35-,36-,37+,38+,39+/m1/s1. The van der Waals surface area contributed by atoms with Crippen molar-refractivity contribution in [2.75, 3.05) is 13.2 Å². The van der Waals surface area contributed by atoms with Crippen molar-refractivity contribution in [2.24, 2.45) is 46.3 Å². The number of aliphatic hydroxyl groups excluding tert-OH is 10. The number of fused-ring (bicyclic) bond motifs is 5. The average Bonchev–Trinajstić information content (AvgIpc) is 3.42. The van der Waals surface area contributed by atoms with Gasteiger partial charge in [-0.3, -0.25) is 0 Å². The summed E-state index contributed by atoms with van der Waals surface area (Å²) in [6.45, 7) is 9.58. The topological polar surface area (TPSA) is 239 Å². The van der Waals surface area contributed by atoms with Crippen molar-refractivity contribution >= 4 is 0 Å². The maximum absolute atomic E-state index is 11.6. The molecule has 4 unspecified atom stereocenters. The highest BCUT2D eigenvalue weighted by molar-refractivity contribution is 5.28. The van der Waals surface area contributed by atoms with Crippen LogP contribution >= 0.6 is 0 Å². The summed E-state index contributed by atoms with van der Waals surface area (Å²) in [7, 11) is 0. The number of hydrogen-bond acceptors (Lipinski definition) is 14. The zero-order valence-electron chi connectivity index (χ0n) is 31.8. The summed E-state index contributed by atoms with van der Waals surface area (Å²) in [5.41, 5.74) is 0.176. The fraction of sp³-hybridized carbons (Fsp3) is 0.949. The smallest absolute Gasteiger partial charge is 0.187 e. The van der Waals surface area contributed by atoms with Crippen LogP contribution in [0.3, 0.4) is 0 Å². The van der Waals surface area contributed by atoms with Crippen molar-refractivity contribution in [3.63, 3.8) is 0 Å². The molecule has 21 atom stereocenters. The second-order valence-electron chi connectivity index (χ2n) is 18.1. The van der Waals surface area contributed by atoms with Crippen LogP contribution in [0.4, 0.5) is 0 Å². The number of hydrogen-bond donors (Lipinski definition) is 10. The van der Waals surface area contributed by atoms with Crippen LogP contribution in [-0.2, 0) is 18.9 Å². The van der Waals surface area contributed by atoms with Gasteiger partial charge in [-0.1, -0.05) is 46.3 Å². The van der Waals surface area contributed by atoms with E-state index in [9.17, 15) is 51.1 Å². The van der Waals surface area contributed by atoms with E-state index in [0.717, 1.165) is 31.3 Å². The molecule has 2 saturated heterocycles. The van der Waals surface area contributed by atoms with E-state index in [2.05, 4.69) is 40.7 Å². The molecule has 0 aromatic heterocycles. The molecule has 2 aliphatic heterocycles. The van der Waals surface area contributed by atoms with Crippen LogP contribution in [0.15, 0.2) is 11.6 Å². The molecule has 0 amide bonds. The Kier molecular flexibility index (Phi) is 12.8. The van der Waals surface area contributed by atoms with Crippen molar-refractivity contribution in [1.82, 2.24) is 0 Å². The van der Waals surface area contributed by atoms with E-state index < -0.39 is 104 Å². The summed E-state index contributed by atoms with van der Waals surface area (Å²) in [6, 6.07) is 0. The van der Waals surface area contributed by atoms with Crippen LogP contribution in [-0.4, -0.2) is 150 Å². The van der Waals surface area contributed by atoms with E-state index in [1.807, 2.05) is 0 Å². The molecule has 2 heterocycles. The van der Waals surface area contributed by atoms with Crippen molar-refractivity contribution in [3.8, 4) is 0 Å². The third-order valence-corrected chi connectivity index (χ3v) is 14.7. The maximum atomic E-state index is 11.6. The Morgan fingerprint density at radius 3 is 1.92 bits per heavy atom. The van der Waals surface area contributed by atoms with Crippen LogP contribution in [0.5, 0.6) is 0 Å². The molecule has 14 nitrogen and oxygen atoms in total. The van der Waals surface area contributed by atoms with E-state index in [-0.39, 0.29) is 41.4 Å². The fourth-order valence-corrected chi connectivity index (χ4v) is 11.7. The number of allylic oxidation sites excluding steroid dienone is 1. The third-order valence-electron chi connectivity index (χ3n) is 14.7. The van der Waals surface area contributed by atoms with E-state index in [4.69, 9.17) is 18.9 Å². The molecule has 4 aliphatic carbocycles. The molecule has 14 heteroatoms. The van der Waals surface area contributed by atoms with Gasteiger partial charge in [0, 0.05) is 11.8 Å². The predicted molar refractivity (Wildman–Crippen MR) is 188 cm³/mol. The zero-order valence-corrected chi connectivity index (χ0v) is 31.8. The summed E-state index contributed by atoms with van der Waals surface area (Å²) >= 11 is 0. The Labute approximate surface area is 312 Å². The van der Waals surface area contributed by atoms with Gasteiger partial charge in [-0.2, -0.15) is 0 Å². The minimum Gasteiger partial charge on any atom is -0.394 e. The summed E-state index contributed by atoms with van der Waals surface area (Å²) in [6.07, 6.45) is -9.27. The summed E-state index contributed by atoms with van der Waals surface area (Å²) in [5, 5.41) is 106. The largest absolute Gasteiger partial charge is 0.394 e. The minimum absolute atomic E-state index is 0.0794. The van der Waals surface area contributed by atoms with Gasteiger partial charge in [0.2, 0.25) is 0 Å². The maximum Gasteiger partial charge on any atom is 0.187 e. The lowest BCUT2D eigenvalue weighted by Gasteiger charge is -2.60. The first kappa shape index (κ1) is 41.8. The van der Waals surface area contributed by atoms with Crippen LogP contribution in [0, 0.1) is 46.3 Å². The molecule has 5 fully saturated rings. The van der Waals surface area contributed by atoms with Crippen LogP contribution in [0.1, 0.15) is 86.0 Å². The molecule has 306 valence electrons. The first-order valence-electron chi connectivity index (χ1n) is 19.9. The lowest BCUT2D eigenvalue weighted by atomic mass is 9.46. The molecule has 6 rings (SSSR count). The summed E-state index contributed by atoms with van der Waals surface area (Å²) in [5.74, 6) is 0.371. The third kappa shape index (κ3) is 7.42. The average molecular weight is 759 g/mol. The molecule has 0 aromatic rings. The van der Waals surface area contributed by atoms with Gasteiger partial charge in [0.15, 0.2) is 12.6 Å². The minimum atomic E-state index is -1.59. The molecular formula is C39H66O14. The molecule has 0 aromatic carbocycles. The highest BCUT2D eigenvalue weighted by atomic mass is 16.7. The van der Waals surface area contributed by atoms with Gasteiger partial charge in [0.25, 0.3) is 0 Å². The Balaban J connectivity index is 1.31. The van der Waals surface area contributed by atoms with Gasteiger partial charge in [-0.15, -0.1) is 0 Å². The Hall–Kier alpha value is -0.820. The molecular weight excluding hydrogens is 692 g/mol. The highest BCUT2D eigenvalue weighted by Gasteiger charge is 2.65. The SMILES string of the molecule is CC(C)CC[C@H](O)[C@@H](C)C1[C@@H](O[C@@H]2O[C@H](CO)[C@@H](O)[C@H](O)[C@H]2O)CC2C3CC=C4C[C@@H](O)C[C@@H](O[C@@H]5O[C@H](CO)[C@@H](O)[C@H](O)[C@H]5O)[C@]4(C)C3CC[C@@]21C. The molecule has 0 spiro atoms. The number of aliphatic hydroxyl groups is 10. The second kappa shape index (κ2) is 16.2. The van der Waals surface area contributed by atoms with E-state index in [1.54, 1.807) is 0 Å². The molecule has 10 N–H and O–H groups in total. The first-order valence-corrected chi connectivity index (χ1v) is 19.9. The lowest BCUT2D eigenvalue weighted by molar-refractivity contribution is -0.324. The van der Waals surface area contributed by atoms with Crippen molar-refractivity contribution in [1.29, 1.82) is 0 Å². The predicted octanol–water partition coefficient (Wildman–Crippen LogP) is -0.0505. The Bertz CT molecular complexity index is 1260. The van der Waals surface area contributed by atoms with Gasteiger partial charge in [0.05, 0.1) is 37.6 Å². The highest BCUT2D eigenvalue weighted by Crippen LogP contribution is 2.68. The summed E-state index contributed by atoms with van der Waals surface area (Å²) < 4.78 is 24.8. The van der Waals surface area contributed by atoms with Crippen molar-refractivity contribution < 1.29 is 70.0 Å². The fourth-order valence-electron chi connectivity index (χ4n) is 11.7. The van der Waals surface area contributed by atoms with Crippen molar-refractivity contribution in [3.05, 3.63) is 11.6 Å². The number of rotatable bonds is 11. The molecule has 53 heavy (non-hydrogen) atoms. The van der Waals surface area contributed by atoms with Gasteiger partial charge < -0.3 is 70.0 Å². The van der Waals surface area contributed by atoms with E-state index in [1.165, 1.54) is 0 Å². The normalized spacial score (nSPS) is 51.2. The van der Waals surface area contributed by atoms with Gasteiger partial charge in [-0.25, -0.2) is 0 Å². The molecule has 0 bridgehead atoms. The monoisotopic (exact) mass is 758 g/mol. The van der Waals surface area contributed by atoms with Gasteiger partial charge in [0.1, 0.15) is 48.8 Å². The molecule has 3 saturated carbocycles. The van der Waals surface area contributed by atoms with E-state index in [0.29, 0.717) is 25.2 Å². The van der Waals surface area contributed by atoms with Crippen LogP contribution in [0.25, 0.3) is 0 Å². The van der Waals surface area contributed by atoms with Crippen LogP contribution in [0.2, 0.25) is 0 Å². The second-order valence-corrected chi connectivity index (χ2v) is 18.1. The van der Waals surface area contributed by atoms with Gasteiger partial charge in [-0.05, 0) is 85.9 Å². The summed E-state index contributed by atoms with van der Waals surface area (Å²) in [4.78, 5) is 0. The first-order chi connectivity index (χ1) is 25.0.